The molecule has 0 bridgehead atoms. The predicted molar refractivity (Wildman–Crippen MR) is 97.1 cm³/mol. The molecule has 1 N–H and O–H groups in total. The Morgan fingerprint density at radius 3 is 2.76 bits per heavy atom. The quantitative estimate of drug-likeness (QED) is 0.768. The van der Waals surface area contributed by atoms with Crippen LogP contribution >= 0.6 is 0 Å². The van der Waals surface area contributed by atoms with Gasteiger partial charge in [0.05, 0.1) is 7.11 Å². The number of carbonyl (C=O) groups is 1. The van der Waals surface area contributed by atoms with Crippen molar-refractivity contribution in [2.75, 3.05) is 50.1 Å². The van der Waals surface area contributed by atoms with Crippen molar-refractivity contribution < 1.29 is 9.53 Å². The van der Waals surface area contributed by atoms with Gasteiger partial charge in [0, 0.05) is 38.8 Å². The molecular weight excluding hydrogens is 318 g/mol. The monoisotopic (exact) mass is 341 g/mol. The lowest BCUT2D eigenvalue weighted by Gasteiger charge is -2.33. The first-order chi connectivity index (χ1) is 12.3. The number of anilines is 2. The summed E-state index contributed by atoms with van der Waals surface area (Å²) in [6, 6.07) is 9.98. The van der Waals surface area contributed by atoms with Crippen molar-refractivity contribution in [1.29, 1.82) is 0 Å². The summed E-state index contributed by atoms with van der Waals surface area (Å²) in [5, 5.41) is 3.34. The number of amides is 1. The van der Waals surface area contributed by atoms with Crippen molar-refractivity contribution in [1.82, 2.24) is 14.9 Å². The average molecular weight is 341 g/mol. The number of hydrogen-bond acceptors (Lipinski definition) is 6. The third kappa shape index (κ3) is 4.37. The maximum atomic E-state index is 10.8. The number of rotatable bonds is 7. The Balaban J connectivity index is 1.56. The summed E-state index contributed by atoms with van der Waals surface area (Å²) < 4.78 is 5.38. The van der Waals surface area contributed by atoms with Crippen molar-refractivity contribution in [2.24, 2.45) is 0 Å². The Kier molecular flexibility index (Phi) is 5.66. The van der Waals surface area contributed by atoms with Gasteiger partial charge in [-0.3, -0.25) is 4.79 Å². The molecular formula is C18H23N5O2. The van der Waals surface area contributed by atoms with Crippen LogP contribution in [0.15, 0.2) is 36.7 Å². The molecule has 7 heteroatoms. The molecule has 3 rings (SSSR count). The summed E-state index contributed by atoms with van der Waals surface area (Å²) in [6.45, 7) is 3.79. The van der Waals surface area contributed by atoms with Crippen LogP contribution in [-0.4, -0.2) is 61.1 Å². The first-order valence-corrected chi connectivity index (χ1v) is 8.42. The van der Waals surface area contributed by atoms with Crippen molar-refractivity contribution in [3.63, 3.8) is 0 Å². The smallest absolute Gasteiger partial charge is 0.209 e. The molecule has 1 fully saturated rings. The summed E-state index contributed by atoms with van der Waals surface area (Å²) >= 11 is 0. The van der Waals surface area contributed by atoms with E-state index in [4.69, 9.17) is 4.74 Å². The molecule has 7 nitrogen and oxygen atoms in total. The molecule has 1 saturated heterocycles. The second-order valence-electron chi connectivity index (χ2n) is 5.88. The predicted octanol–water partition coefficient (Wildman–Crippen LogP) is 1.42. The largest absolute Gasteiger partial charge is 0.496 e. The van der Waals surface area contributed by atoms with Gasteiger partial charge in [0.1, 0.15) is 23.7 Å². The lowest BCUT2D eigenvalue weighted by Crippen LogP contribution is -2.46. The number of methoxy groups -OCH3 is 1. The third-order valence-corrected chi connectivity index (χ3v) is 4.33. The number of ether oxygens (including phenoxy) is 1. The number of aromatic nitrogens is 2. The third-order valence-electron chi connectivity index (χ3n) is 4.33. The van der Waals surface area contributed by atoms with E-state index in [2.05, 4.69) is 26.3 Å². The molecule has 1 aliphatic heterocycles. The molecule has 1 aliphatic rings. The van der Waals surface area contributed by atoms with E-state index in [9.17, 15) is 4.79 Å². The maximum absolute atomic E-state index is 10.8. The van der Waals surface area contributed by atoms with Crippen LogP contribution in [0.1, 0.15) is 5.56 Å². The molecule has 25 heavy (non-hydrogen) atoms. The fourth-order valence-electron chi connectivity index (χ4n) is 2.91. The highest BCUT2D eigenvalue weighted by Crippen LogP contribution is 2.19. The van der Waals surface area contributed by atoms with Gasteiger partial charge in [-0.25, -0.2) is 9.97 Å². The Labute approximate surface area is 147 Å². The molecule has 0 atom stereocenters. The molecule has 2 heterocycles. The molecule has 1 aromatic heterocycles. The van der Waals surface area contributed by atoms with Crippen LogP contribution in [0.4, 0.5) is 11.6 Å². The number of hydrogen-bond donors (Lipinski definition) is 1. The Bertz CT molecular complexity index is 701. The van der Waals surface area contributed by atoms with Crippen molar-refractivity contribution in [2.45, 2.75) is 6.42 Å². The van der Waals surface area contributed by atoms with E-state index in [1.807, 2.05) is 24.3 Å². The Morgan fingerprint density at radius 1 is 1.20 bits per heavy atom. The van der Waals surface area contributed by atoms with Crippen LogP contribution in [0.5, 0.6) is 5.75 Å². The molecule has 2 aromatic rings. The van der Waals surface area contributed by atoms with E-state index in [-0.39, 0.29) is 0 Å². The second kappa shape index (κ2) is 8.32. The zero-order valence-corrected chi connectivity index (χ0v) is 14.4. The van der Waals surface area contributed by atoms with Crippen LogP contribution in [0.25, 0.3) is 0 Å². The first kappa shape index (κ1) is 17.0. The van der Waals surface area contributed by atoms with Gasteiger partial charge < -0.3 is 19.9 Å². The van der Waals surface area contributed by atoms with Gasteiger partial charge in [0.15, 0.2) is 0 Å². The highest BCUT2D eigenvalue weighted by Gasteiger charge is 2.17. The van der Waals surface area contributed by atoms with Gasteiger partial charge in [-0.1, -0.05) is 18.2 Å². The highest BCUT2D eigenvalue weighted by atomic mass is 16.5. The summed E-state index contributed by atoms with van der Waals surface area (Å²) in [7, 11) is 1.69. The van der Waals surface area contributed by atoms with Crippen molar-refractivity contribution in [3.05, 3.63) is 42.2 Å². The van der Waals surface area contributed by atoms with Gasteiger partial charge in [-0.05, 0) is 18.1 Å². The number of piperazine rings is 1. The highest BCUT2D eigenvalue weighted by molar-refractivity contribution is 5.51. The zero-order valence-electron chi connectivity index (χ0n) is 14.4. The minimum absolute atomic E-state index is 0.726. The van der Waals surface area contributed by atoms with Gasteiger partial charge >= 0.3 is 0 Å². The molecule has 1 amide bonds. The zero-order chi connectivity index (χ0) is 17.5. The lowest BCUT2D eigenvalue weighted by molar-refractivity contribution is -0.118. The minimum Gasteiger partial charge on any atom is -0.496 e. The van der Waals surface area contributed by atoms with Crippen LogP contribution in [0.2, 0.25) is 0 Å². The van der Waals surface area contributed by atoms with E-state index in [0.29, 0.717) is 0 Å². The molecule has 0 radical (unpaired) electrons. The van der Waals surface area contributed by atoms with E-state index in [1.54, 1.807) is 18.3 Å². The maximum Gasteiger partial charge on any atom is 0.209 e. The number of carbonyl (C=O) groups excluding carboxylic acids is 1. The molecule has 1 aromatic carbocycles. The summed E-state index contributed by atoms with van der Waals surface area (Å²) in [6.07, 6.45) is 3.33. The Morgan fingerprint density at radius 2 is 2.00 bits per heavy atom. The van der Waals surface area contributed by atoms with Crippen LogP contribution < -0.4 is 15.0 Å². The molecule has 0 unspecified atom stereocenters. The fourth-order valence-corrected chi connectivity index (χ4v) is 2.91. The Hall–Kier alpha value is -2.83. The van der Waals surface area contributed by atoms with Gasteiger partial charge in [-0.15, -0.1) is 0 Å². The topological polar surface area (TPSA) is 70.6 Å². The number of para-hydroxylation sites is 1. The van der Waals surface area contributed by atoms with Crippen LogP contribution in [-0.2, 0) is 11.2 Å². The number of nitrogens with one attached hydrogen (secondary N) is 1. The first-order valence-electron chi connectivity index (χ1n) is 8.42. The SMILES string of the molecule is COc1ccccc1CCNc1cc(N2CCN(C=O)CC2)ncn1. The van der Waals surface area contributed by atoms with E-state index >= 15 is 0 Å². The molecule has 132 valence electrons. The summed E-state index contributed by atoms with van der Waals surface area (Å²) in [5.74, 6) is 2.60. The van der Waals surface area contributed by atoms with Crippen molar-refractivity contribution in [3.8, 4) is 5.75 Å². The normalized spacial score (nSPS) is 14.3. The van der Waals surface area contributed by atoms with E-state index in [0.717, 1.165) is 68.5 Å². The molecule has 0 aliphatic carbocycles. The standard InChI is InChI=1S/C18H23N5O2/c1-25-16-5-3-2-4-15(16)6-7-19-17-12-18(21-13-20-17)23-10-8-22(14-24)9-11-23/h2-5,12-14H,6-11H2,1H3,(H,19,20,21). The van der Waals surface area contributed by atoms with Crippen LogP contribution in [0, 0.1) is 0 Å². The minimum atomic E-state index is 0.726. The van der Waals surface area contributed by atoms with Gasteiger partial charge in [0.2, 0.25) is 6.41 Å². The van der Waals surface area contributed by atoms with Crippen LogP contribution in [0.3, 0.4) is 0 Å². The van der Waals surface area contributed by atoms with Crippen molar-refractivity contribution >= 4 is 18.0 Å². The second-order valence-corrected chi connectivity index (χ2v) is 5.88. The van der Waals surface area contributed by atoms with E-state index in [1.165, 1.54) is 0 Å². The fraction of sp³-hybridized carbons (Fsp3) is 0.389. The van der Waals surface area contributed by atoms with Gasteiger partial charge in [0.25, 0.3) is 0 Å². The average Bonchev–Trinajstić information content (AvgIpc) is 2.69. The molecule has 0 saturated carbocycles. The number of benzene rings is 1. The van der Waals surface area contributed by atoms with E-state index < -0.39 is 0 Å². The summed E-state index contributed by atoms with van der Waals surface area (Å²) in [5.41, 5.74) is 1.16. The van der Waals surface area contributed by atoms with Gasteiger partial charge in [-0.2, -0.15) is 0 Å². The summed E-state index contributed by atoms with van der Waals surface area (Å²) in [4.78, 5) is 23.4. The molecule has 0 spiro atoms. The lowest BCUT2D eigenvalue weighted by atomic mass is 10.1. The number of nitrogens with zero attached hydrogens (tertiary/aromatic N) is 4.